The summed E-state index contributed by atoms with van der Waals surface area (Å²) >= 11 is 18.7. The summed E-state index contributed by atoms with van der Waals surface area (Å²) in [5.74, 6) is -0.277. The monoisotopic (exact) mass is 544 g/mol. The lowest BCUT2D eigenvalue weighted by Crippen LogP contribution is -2.48. The Labute approximate surface area is 223 Å². The van der Waals surface area contributed by atoms with Crippen molar-refractivity contribution < 1.29 is 9.59 Å². The molecule has 180 valence electrons. The van der Waals surface area contributed by atoms with E-state index in [0.717, 1.165) is 29.3 Å². The van der Waals surface area contributed by atoms with Crippen molar-refractivity contribution in [3.63, 3.8) is 0 Å². The SMILES string of the molecule is O=C(C=Cc1ccc(Cl)cc1Cl)NC(=S)Nc1ccc(N2CCN(C(=O)c3cccs3)CC2)cc1. The molecule has 2 heterocycles. The van der Waals surface area contributed by atoms with Gasteiger partial charge in [0.15, 0.2) is 5.11 Å². The van der Waals surface area contributed by atoms with Crippen LogP contribution in [0, 0.1) is 0 Å². The zero-order chi connectivity index (χ0) is 24.8. The molecule has 0 bridgehead atoms. The Balaban J connectivity index is 1.25. The van der Waals surface area contributed by atoms with E-state index in [1.54, 1.807) is 24.3 Å². The first-order valence-electron chi connectivity index (χ1n) is 10.8. The molecule has 0 unspecified atom stereocenters. The third kappa shape index (κ3) is 6.82. The first-order chi connectivity index (χ1) is 16.9. The molecular weight excluding hydrogens is 523 g/mol. The van der Waals surface area contributed by atoms with E-state index < -0.39 is 0 Å². The van der Waals surface area contributed by atoms with Gasteiger partial charge in [0.1, 0.15) is 0 Å². The first kappa shape index (κ1) is 25.2. The van der Waals surface area contributed by atoms with Gasteiger partial charge < -0.3 is 15.1 Å². The number of piperazine rings is 1. The van der Waals surface area contributed by atoms with Crippen molar-refractivity contribution in [3.8, 4) is 0 Å². The van der Waals surface area contributed by atoms with Gasteiger partial charge in [-0.2, -0.15) is 0 Å². The maximum absolute atomic E-state index is 12.5. The Morgan fingerprint density at radius 1 is 1.00 bits per heavy atom. The predicted octanol–water partition coefficient (Wildman–Crippen LogP) is 5.54. The van der Waals surface area contributed by atoms with Crippen LogP contribution in [0.25, 0.3) is 6.08 Å². The maximum Gasteiger partial charge on any atom is 0.264 e. The number of amides is 2. The Kier molecular flexibility index (Phi) is 8.41. The molecule has 1 aliphatic heterocycles. The van der Waals surface area contributed by atoms with E-state index >= 15 is 0 Å². The van der Waals surface area contributed by atoms with Gasteiger partial charge in [-0.25, -0.2) is 0 Å². The highest BCUT2D eigenvalue weighted by Gasteiger charge is 2.22. The number of carbonyl (C=O) groups excluding carboxylic acids is 2. The molecule has 0 saturated carbocycles. The molecule has 0 atom stereocenters. The molecule has 0 radical (unpaired) electrons. The summed E-state index contributed by atoms with van der Waals surface area (Å²) in [5.41, 5.74) is 2.50. The fraction of sp³-hybridized carbons (Fsp3) is 0.160. The smallest absolute Gasteiger partial charge is 0.264 e. The van der Waals surface area contributed by atoms with Gasteiger partial charge in [0.25, 0.3) is 5.91 Å². The van der Waals surface area contributed by atoms with Crippen molar-refractivity contribution in [2.75, 3.05) is 36.4 Å². The Morgan fingerprint density at radius 3 is 2.40 bits per heavy atom. The normalized spacial score (nSPS) is 13.7. The zero-order valence-corrected chi connectivity index (χ0v) is 21.7. The minimum Gasteiger partial charge on any atom is -0.368 e. The molecule has 1 aromatic heterocycles. The lowest BCUT2D eigenvalue weighted by molar-refractivity contribution is -0.115. The summed E-state index contributed by atoms with van der Waals surface area (Å²) in [6.45, 7) is 2.90. The van der Waals surface area contributed by atoms with E-state index in [0.29, 0.717) is 28.7 Å². The number of carbonyl (C=O) groups is 2. The number of nitrogens with one attached hydrogen (secondary N) is 2. The van der Waals surface area contributed by atoms with E-state index in [2.05, 4.69) is 15.5 Å². The average Bonchev–Trinajstić information content (AvgIpc) is 3.39. The van der Waals surface area contributed by atoms with Crippen molar-refractivity contribution >= 4 is 81.1 Å². The summed E-state index contributed by atoms with van der Waals surface area (Å²) < 4.78 is 0. The summed E-state index contributed by atoms with van der Waals surface area (Å²) in [4.78, 5) is 29.6. The van der Waals surface area contributed by atoms with Gasteiger partial charge in [-0.05, 0) is 71.7 Å². The number of anilines is 2. The summed E-state index contributed by atoms with van der Waals surface area (Å²) in [5, 5.41) is 8.72. The number of nitrogens with zero attached hydrogens (tertiary/aromatic N) is 2. The van der Waals surface area contributed by atoms with E-state index in [9.17, 15) is 9.59 Å². The number of thiocarbonyl (C=S) groups is 1. The third-order valence-corrected chi connectivity index (χ3v) is 7.03. The van der Waals surface area contributed by atoms with Gasteiger partial charge >= 0.3 is 0 Å². The molecule has 0 spiro atoms. The summed E-state index contributed by atoms with van der Waals surface area (Å²) in [7, 11) is 0. The Bertz CT molecular complexity index is 1240. The van der Waals surface area contributed by atoms with Crippen LogP contribution in [0.1, 0.15) is 15.2 Å². The second-order valence-corrected chi connectivity index (χ2v) is 9.95. The number of rotatable bonds is 5. The number of benzene rings is 2. The quantitative estimate of drug-likeness (QED) is 0.326. The highest BCUT2D eigenvalue weighted by atomic mass is 35.5. The molecular formula is C25H22Cl2N4O2S2. The Hall–Kier alpha value is -2.91. The molecule has 10 heteroatoms. The molecule has 1 saturated heterocycles. The minimum atomic E-state index is -0.375. The molecule has 1 fully saturated rings. The molecule has 3 aromatic rings. The molecule has 2 N–H and O–H groups in total. The lowest BCUT2D eigenvalue weighted by atomic mass is 10.2. The predicted molar refractivity (Wildman–Crippen MR) is 149 cm³/mol. The fourth-order valence-electron chi connectivity index (χ4n) is 3.60. The van der Waals surface area contributed by atoms with Crippen molar-refractivity contribution in [2.45, 2.75) is 0 Å². The Morgan fingerprint density at radius 2 is 1.74 bits per heavy atom. The van der Waals surface area contributed by atoms with Crippen molar-refractivity contribution in [2.24, 2.45) is 0 Å². The van der Waals surface area contributed by atoms with Gasteiger partial charge in [0.05, 0.1) is 4.88 Å². The molecule has 1 aliphatic rings. The van der Waals surface area contributed by atoms with Crippen LogP contribution < -0.4 is 15.5 Å². The van der Waals surface area contributed by atoms with Gasteiger partial charge in [-0.3, -0.25) is 14.9 Å². The van der Waals surface area contributed by atoms with E-state index in [1.165, 1.54) is 17.4 Å². The average molecular weight is 546 g/mol. The van der Waals surface area contributed by atoms with Crippen LogP contribution in [-0.2, 0) is 4.79 Å². The molecule has 35 heavy (non-hydrogen) atoms. The van der Waals surface area contributed by atoms with Crippen LogP contribution in [0.2, 0.25) is 10.0 Å². The second kappa shape index (κ2) is 11.7. The number of hydrogen-bond acceptors (Lipinski definition) is 5. The highest BCUT2D eigenvalue weighted by Crippen LogP contribution is 2.22. The van der Waals surface area contributed by atoms with Gasteiger partial charge in [-0.1, -0.05) is 35.3 Å². The molecule has 4 rings (SSSR count). The second-order valence-electron chi connectivity index (χ2n) is 7.75. The van der Waals surface area contributed by atoms with E-state index in [-0.39, 0.29) is 16.9 Å². The molecule has 2 aromatic carbocycles. The standard InChI is InChI=1S/C25H22Cl2N4O2S2/c26-18-5-3-17(21(27)16-18)4-10-23(32)29-25(34)28-19-6-8-20(9-7-19)30-11-13-31(14-12-30)24(33)22-2-1-15-35-22/h1-10,15-16H,11-14H2,(H2,28,29,32,34). The molecule has 6 nitrogen and oxygen atoms in total. The number of thiophene rings is 1. The topological polar surface area (TPSA) is 64.7 Å². The minimum absolute atomic E-state index is 0.0980. The van der Waals surface area contributed by atoms with Crippen molar-refractivity contribution in [3.05, 3.63) is 86.5 Å². The van der Waals surface area contributed by atoms with Crippen LogP contribution in [0.4, 0.5) is 11.4 Å². The number of halogens is 2. The molecule has 0 aliphatic carbocycles. The van der Waals surface area contributed by atoms with E-state index in [1.807, 2.05) is 46.7 Å². The van der Waals surface area contributed by atoms with Crippen LogP contribution in [0.15, 0.2) is 66.1 Å². The zero-order valence-electron chi connectivity index (χ0n) is 18.5. The summed E-state index contributed by atoms with van der Waals surface area (Å²) in [6, 6.07) is 16.6. The van der Waals surface area contributed by atoms with E-state index in [4.69, 9.17) is 35.4 Å². The van der Waals surface area contributed by atoms with Gasteiger partial charge in [0.2, 0.25) is 5.91 Å². The van der Waals surface area contributed by atoms with Gasteiger partial charge in [0, 0.05) is 53.7 Å². The highest BCUT2D eigenvalue weighted by molar-refractivity contribution is 7.80. The van der Waals surface area contributed by atoms with Crippen molar-refractivity contribution in [1.82, 2.24) is 10.2 Å². The summed E-state index contributed by atoms with van der Waals surface area (Å²) in [6.07, 6.45) is 2.95. The molecule has 2 amide bonds. The van der Waals surface area contributed by atoms with Crippen LogP contribution in [0.5, 0.6) is 0 Å². The van der Waals surface area contributed by atoms with Crippen LogP contribution >= 0.6 is 46.8 Å². The number of hydrogen-bond donors (Lipinski definition) is 2. The van der Waals surface area contributed by atoms with Gasteiger partial charge in [-0.15, -0.1) is 11.3 Å². The largest absolute Gasteiger partial charge is 0.368 e. The maximum atomic E-state index is 12.5. The lowest BCUT2D eigenvalue weighted by Gasteiger charge is -2.36. The third-order valence-electron chi connectivity index (χ3n) is 5.40. The van der Waals surface area contributed by atoms with Crippen LogP contribution in [-0.4, -0.2) is 48.0 Å². The fourth-order valence-corrected chi connectivity index (χ4v) is 4.98. The van der Waals surface area contributed by atoms with Crippen LogP contribution in [0.3, 0.4) is 0 Å². The van der Waals surface area contributed by atoms with Crippen molar-refractivity contribution in [1.29, 1.82) is 0 Å². The first-order valence-corrected chi connectivity index (χ1v) is 12.9.